The highest BCUT2D eigenvalue weighted by atomic mass is 32.2. The summed E-state index contributed by atoms with van der Waals surface area (Å²) in [4.78, 5) is 17.9. The molecule has 0 spiro atoms. The summed E-state index contributed by atoms with van der Waals surface area (Å²) < 4.78 is 30.5. The van der Waals surface area contributed by atoms with Crippen molar-refractivity contribution in [2.24, 2.45) is 0 Å². The molecule has 1 fully saturated rings. The molecule has 1 saturated heterocycles. The molecule has 1 aromatic heterocycles. The van der Waals surface area contributed by atoms with Crippen LogP contribution in [0.3, 0.4) is 0 Å². The SMILES string of the molecule is COc1ccc(CN2C(=O)[C@H](C)S(=O)(=O)[C@@H]2c2cccnc2)cc1. The Kier molecular flexibility index (Phi) is 4.28. The average molecular weight is 346 g/mol. The van der Waals surface area contributed by atoms with Crippen LogP contribution in [0.1, 0.15) is 23.4 Å². The van der Waals surface area contributed by atoms with E-state index in [-0.39, 0.29) is 12.5 Å². The first-order valence-electron chi connectivity index (χ1n) is 7.51. The van der Waals surface area contributed by atoms with Gasteiger partial charge in [-0.3, -0.25) is 9.78 Å². The van der Waals surface area contributed by atoms with Crippen LogP contribution in [0.2, 0.25) is 0 Å². The number of hydrogen-bond acceptors (Lipinski definition) is 5. The summed E-state index contributed by atoms with van der Waals surface area (Å²) >= 11 is 0. The van der Waals surface area contributed by atoms with Crippen LogP contribution in [0.5, 0.6) is 5.75 Å². The monoisotopic (exact) mass is 346 g/mol. The van der Waals surface area contributed by atoms with Gasteiger partial charge in [-0.25, -0.2) is 8.42 Å². The van der Waals surface area contributed by atoms with Crippen molar-refractivity contribution in [3.8, 4) is 5.75 Å². The lowest BCUT2D eigenvalue weighted by Crippen LogP contribution is -2.29. The van der Waals surface area contributed by atoms with Crippen molar-refractivity contribution < 1.29 is 17.9 Å². The van der Waals surface area contributed by atoms with Gasteiger partial charge in [0, 0.05) is 24.5 Å². The minimum Gasteiger partial charge on any atom is -0.497 e. The van der Waals surface area contributed by atoms with Crippen LogP contribution in [0.25, 0.3) is 0 Å². The van der Waals surface area contributed by atoms with Crippen LogP contribution in [0.15, 0.2) is 48.8 Å². The Bertz CT molecular complexity index is 835. The van der Waals surface area contributed by atoms with Gasteiger partial charge in [-0.05, 0) is 30.7 Å². The fraction of sp³-hybridized carbons (Fsp3) is 0.294. The van der Waals surface area contributed by atoms with Crippen LogP contribution < -0.4 is 4.74 Å². The van der Waals surface area contributed by atoms with E-state index in [4.69, 9.17) is 4.74 Å². The highest BCUT2D eigenvalue weighted by Gasteiger charge is 2.50. The first-order valence-corrected chi connectivity index (χ1v) is 9.12. The number of ether oxygens (including phenoxy) is 1. The molecule has 0 unspecified atom stereocenters. The summed E-state index contributed by atoms with van der Waals surface area (Å²) in [6.45, 7) is 1.65. The third kappa shape index (κ3) is 2.75. The Morgan fingerprint density at radius 3 is 2.50 bits per heavy atom. The van der Waals surface area contributed by atoms with Crippen molar-refractivity contribution in [3.63, 3.8) is 0 Å². The minimum absolute atomic E-state index is 0.214. The molecule has 0 bridgehead atoms. The molecule has 0 aliphatic carbocycles. The number of methoxy groups -OCH3 is 1. The molecule has 0 saturated carbocycles. The van der Waals surface area contributed by atoms with E-state index >= 15 is 0 Å². The van der Waals surface area contributed by atoms with E-state index in [0.717, 1.165) is 5.56 Å². The molecule has 6 nitrogen and oxygen atoms in total. The van der Waals surface area contributed by atoms with Crippen LogP contribution in [-0.4, -0.2) is 36.6 Å². The maximum absolute atomic E-state index is 12.7. The number of nitrogens with zero attached hydrogens (tertiary/aromatic N) is 2. The van der Waals surface area contributed by atoms with E-state index in [1.54, 1.807) is 37.6 Å². The maximum atomic E-state index is 12.7. The Hall–Kier alpha value is -2.41. The second-order valence-corrected chi connectivity index (χ2v) is 8.02. The molecule has 126 valence electrons. The smallest absolute Gasteiger partial charge is 0.242 e. The number of benzene rings is 1. The predicted octanol–water partition coefficient (Wildman–Crippen LogP) is 1.93. The highest BCUT2D eigenvalue weighted by Crippen LogP contribution is 2.38. The molecule has 3 rings (SSSR count). The van der Waals surface area contributed by atoms with Crippen LogP contribution >= 0.6 is 0 Å². The molecule has 24 heavy (non-hydrogen) atoms. The topological polar surface area (TPSA) is 76.6 Å². The third-order valence-electron chi connectivity index (χ3n) is 4.20. The number of amides is 1. The second-order valence-electron chi connectivity index (χ2n) is 5.68. The lowest BCUT2D eigenvalue weighted by atomic mass is 10.1. The van der Waals surface area contributed by atoms with Crippen molar-refractivity contribution in [1.29, 1.82) is 0 Å². The summed E-state index contributed by atoms with van der Waals surface area (Å²) in [6, 6.07) is 10.6. The van der Waals surface area contributed by atoms with Crippen molar-refractivity contribution >= 4 is 15.7 Å². The maximum Gasteiger partial charge on any atom is 0.242 e. The van der Waals surface area contributed by atoms with Crippen molar-refractivity contribution in [1.82, 2.24) is 9.88 Å². The molecule has 0 N–H and O–H groups in total. The van der Waals surface area contributed by atoms with Gasteiger partial charge in [0.05, 0.1) is 7.11 Å². The molecule has 0 radical (unpaired) electrons. The Morgan fingerprint density at radius 2 is 1.92 bits per heavy atom. The number of aromatic nitrogens is 1. The standard InChI is InChI=1S/C17H18N2O4S/c1-12-16(20)19(11-13-5-7-15(23-2)8-6-13)17(24(12,21)22)14-4-3-9-18-10-14/h3-10,12,17H,11H2,1-2H3/t12-,17+/m0/s1. The van der Waals surface area contributed by atoms with E-state index in [1.807, 2.05) is 12.1 Å². The lowest BCUT2D eigenvalue weighted by molar-refractivity contribution is -0.130. The molecule has 2 aromatic rings. The predicted molar refractivity (Wildman–Crippen MR) is 88.9 cm³/mol. The van der Waals surface area contributed by atoms with Gasteiger partial charge in [-0.1, -0.05) is 18.2 Å². The second kappa shape index (κ2) is 6.24. The van der Waals surface area contributed by atoms with Crippen LogP contribution in [0, 0.1) is 0 Å². The lowest BCUT2D eigenvalue weighted by Gasteiger charge is -2.23. The van der Waals surface area contributed by atoms with E-state index in [9.17, 15) is 13.2 Å². The van der Waals surface area contributed by atoms with Gasteiger partial charge in [0.1, 0.15) is 11.0 Å². The number of carbonyl (C=O) groups is 1. The molecular weight excluding hydrogens is 328 g/mol. The van der Waals surface area contributed by atoms with Gasteiger partial charge in [-0.15, -0.1) is 0 Å². The zero-order chi connectivity index (χ0) is 17.3. The number of pyridine rings is 1. The van der Waals surface area contributed by atoms with Crippen molar-refractivity contribution in [2.75, 3.05) is 7.11 Å². The fourth-order valence-corrected chi connectivity index (χ4v) is 4.70. The van der Waals surface area contributed by atoms with Gasteiger partial charge in [0.25, 0.3) is 0 Å². The number of sulfone groups is 1. The normalized spacial score (nSPS) is 22.6. The van der Waals surface area contributed by atoms with Crippen LogP contribution in [-0.2, 0) is 21.2 Å². The summed E-state index contributed by atoms with van der Waals surface area (Å²) in [6.07, 6.45) is 3.07. The van der Waals surface area contributed by atoms with E-state index in [0.29, 0.717) is 11.3 Å². The summed E-state index contributed by atoms with van der Waals surface area (Å²) in [5, 5.41) is -2.06. The van der Waals surface area contributed by atoms with Gasteiger partial charge in [-0.2, -0.15) is 0 Å². The third-order valence-corrected chi connectivity index (χ3v) is 6.54. The first-order chi connectivity index (χ1) is 11.4. The first kappa shape index (κ1) is 16.4. The largest absolute Gasteiger partial charge is 0.497 e. The molecule has 1 aliphatic rings. The zero-order valence-corrected chi connectivity index (χ0v) is 14.2. The van der Waals surface area contributed by atoms with Crippen molar-refractivity contribution in [3.05, 3.63) is 59.9 Å². The molecular formula is C17H18N2O4S. The Balaban J connectivity index is 1.98. The quantitative estimate of drug-likeness (QED) is 0.845. The highest BCUT2D eigenvalue weighted by molar-refractivity contribution is 7.93. The van der Waals surface area contributed by atoms with Crippen LogP contribution in [0.4, 0.5) is 0 Å². The van der Waals surface area contributed by atoms with Gasteiger partial charge in [0.2, 0.25) is 5.91 Å². The zero-order valence-electron chi connectivity index (χ0n) is 13.4. The van der Waals surface area contributed by atoms with Crippen molar-refractivity contribution in [2.45, 2.75) is 24.1 Å². The Morgan fingerprint density at radius 1 is 1.21 bits per heavy atom. The molecule has 7 heteroatoms. The van der Waals surface area contributed by atoms with E-state index in [2.05, 4.69) is 4.98 Å². The van der Waals surface area contributed by atoms with E-state index in [1.165, 1.54) is 18.0 Å². The Labute approximate surface area is 141 Å². The summed E-state index contributed by atoms with van der Waals surface area (Å²) in [7, 11) is -2.06. The molecule has 1 amide bonds. The van der Waals surface area contributed by atoms with Gasteiger partial charge in [0.15, 0.2) is 15.2 Å². The molecule has 1 aliphatic heterocycles. The molecule has 1 aromatic carbocycles. The van der Waals surface area contributed by atoms with Gasteiger partial charge >= 0.3 is 0 Å². The number of rotatable bonds is 4. The minimum atomic E-state index is -3.64. The van der Waals surface area contributed by atoms with E-state index < -0.39 is 20.5 Å². The average Bonchev–Trinajstić information content (AvgIpc) is 2.76. The molecule has 2 atom stereocenters. The summed E-state index contributed by atoms with van der Waals surface area (Å²) in [5.74, 6) is 0.316. The van der Waals surface area contributed by atoms with Gasteiger partial charge < -0.3 is 9.64 Å². The molecule has 2 heterocycles. The number of hydrogen-bond donors (Lipinski definition) is 0. The fourth-order valence-electron chi connectivity index (χ4n) is 2.84. The summed E-state index contributed by atoms with van der Waals surface area (Å²) in [5.41, 5.74) is 1.34. The number of carbonyl (C=O) groups excluding carboxylic acids is 1.